The summed E-state index contributed by atoms with van der Waals surface area (Å²) < 4.78 is 0. The highest BCUT2D eigenvalue weighted by atomic mass is 16.4. The molecule has 0 saturated carbocycles. The second kappa shape index (κ2) is 7.47. The minimum absolute atomic E-state index is 0.171. The van der Waals surface area contributed by atoms with Gasteiger partial charge < -0.3 is 19.8 Å². The monoisotopic (exact) mass is 285 g/mol. The quantitative estimate of drug-likeness (QED) is 0.823. The second-order valence-corrected chi connectivity index (χ2v) is 6.12. The van der Waals surface area contributed by atoms with Crippen LogP contribution in [0.1, 0.15) is 26.7 Å². The van der Waals surface area contributed by atoms with Gasteiger partial charge in [-0.3, -0.25) is 4.79 Å². The highest BCUT2D eigenvalue weighted by molar-refractivity contribution is 5.80. The van der Waals surface area contributed by atoms with E-state index in [0.29, 0.717) is 6.54 Å². The van der Waals surface area contributed by atoms with Crippen LogP contribution in [0.2, 0.25) is 0 Å². The SMILES string of the molecule is CC(C)CN(CC(=O)O)C(=O)N(C)C1CCCN(C)C1. The lowest BCUT2D eigenvalue weighted by Gasteiger charge is -2.38. The Bertz CT molecular complexity index is 347. The minimum Gasteiger partial charge on any atom is -0.480 e. The molecule has 0 aromatic heterocycles. The van der Waals surface area contributed by atoms with Crippen LogP contribution in [-0.2, 0) is 4.79 Å². The maximum Gasteiger partial charge on any atom is 0.323 e. The summed E-state index contributed by atoms with van der Waals surface area (Å²) in [4.78, 5) is 28.8. The Labute approximate surface area is 121 Å². The molecule has 1 rings (SSSR count). The number of nitrogens with zero attached hydrogens (tertiary/aromatic N) is 3. The predicted molar refractivity (Wildman–Crippen MR) is 77.7 cm³/mol. The number of carboxylic acid groups (broad SMARTS) is 1. The van der Waals surface area contributed by atoms with Crippen LogP contribution in [0.4, 0.5) is 4.79 Å². The fourth-order valence-corrected chi connectivity index (χ4v) is 2.65. The second-order valence-electron chi connectivity index (χ2n) is 6.12. The van der Waals surface area contributed by atoms with Crippen LogP contribution in [-0.4, -0.2) is 78.1 Å². The van der Waals surface area contributed by atoms with Crippen molar-refractivity contribution in [2.24, 2.45) is 5.92 Å². The number of likely N-dealkylation sites (tertiary alicyclic amines) is 1. The van der Waals surface area contributed by atoms with Gasteiger partial charge in [-0.05, 0) is 32.4 Å². The first-order valence-corrected chi connectivity index (χ1v) is 7.23. The van der Waals surface area contributed by atoms with E-state index < -0.39 is 5.97 Å². The molecule has 1 N–H and O–H groups in total. The van der Waals surface area contributed by atoms with Crippen molar-refractivity contribution in [1.29, 1.82) is 0 Å². The largest absolute Gasteiger partial charge is 0.480 e. The number of rotatable bonds is 5. The van der Waals surface area contributed by atoms with Gasteiger partial charge in [-0.25, -0.2) is 4.79 Å². The lowest BCUT2D eigenvalue weighted by atomic mass is 10.1. The normalized spacial score (nSPS) is 19.9. The molecule has 1 unspecified atom stereocenters. The molecule has 1 aliphatic rings. The first kappa shape index (κ1) is 16.8. The Kier molecular flexibility index (Phi) is 6.26. The molecule has 1 aliphatic heterocycles. The van der Waals surface area contributed by atoms with Gasteiger partial charge in [-0.2, -0.15) is 0 Å². The molecular weight excluding hydrogens is 258 g/mol. The highest BCUT2D eigenvalue weighted by Crippen LogP contribution is 2.15. The molecule has 0 spiro atoms. The van der Waals surface area contributed by atoms with Gasteiger partial charge >= 0.3 is 12.0 Å². The Morgan fingerprint density at radius 1 is 1.40 bits per heavy atom. The average molecular weight is 285 g/mol. The number of likely N-dealkylation sites (N-methyl/N-ethyl adjacent to an activating group) is 2. The predicted octanol–water partition coefficient (Wildman–Crippen LogP) is 1.17. The van der Waals surface area contributed by atoms with E-state index in [2.05, 4.69) is 4.90 Å². The van der Waals surface area contributed by atoms with E-state index in [9.17, 15) is 9.59 Å². The van der Waals surface area contributed by atoms with E-state index in [1.807, 2.05) is 20.9 Å². The zero-order valence-electron chi connectivity index (χ0n) is 13.0. The fraction of sp³-hybridized carbons (Fsp3) is 0.857. The van der Waals surface area contributed by atoms with Crippen molar-refractivity contribution in [3.63, 3.8) is 0 Å². The average Bonchev–Trinajstić information content (AvgIpc) is 2.35. The third kappa shape index (κ3) is 5.00. The van der Waals surface area contributed by atoms with E-state index in [1.165, 1.54) is 4.90 Å². The number of carbonyl (C=O) groups excluding carboxylic acids is 1. The molecule has 6 nitrogen and oxygen atoms in total. The van der Waals surface area contributed by atoms with E-state index in [4.69, 9.17) is 5.11 Å². The summed E-state index contributed by atoms with van der Waals surface area (Å²) in [6.07, 6.45) is 2.05. The van der Waals surface area contributed by atoms with Gasteiger partial charge in [0.15, 0.2) is 0 Å². The van der Waals surface area contributed by atoms with Gasteiger partial charge in [-0.1, -0.05) is 13.8 Å². The van der Waals surface area contributed by atoms with Crippen LogP contribution in [0.5, 0.6) is 0 Å². The van der Waals surface area contributed by atoms with Gasteiger partial charge in [0, 0.05) is 26.2 Å². The number of carbonyl (C=O) groups is 2. The molecule has 0 bridgehead atoms. The van der Waals surface area contributed by atoms with E-state index in [1.54, 1.807) is 11.9 Å². The standard InChI is InChI=1S/C14H27N3O3/c1-11(2)8-17(10-13(18)19)14(20)16(4)12-6-5-7-15(3)9-12/h11-12H,5-10H2,1-4H3,(H,18,19). The molecule has 0 aromatic rings. The topological polar surface area (TPSA) is 64.1 Å². The van der Waals surface area contributed by atoms with Gasteiger partial charge in [-0.15, -0.1) is 0 Å². The molecule has 20 heavy (non-hydrogen) atoms. The van der Waals surface area contributed by atoms with Crippen LogP contribution < -0.4 is 0 Å². The Morgan fingerprint density at radius 3 is 2.55 bits per heavy atom. The number of amides is 2. The van der Waals surface area contributed by atoms with Crippen molar-refractivity contribution in [2.45, 2.75) is 32.7 Å². The van der Waals surface area contributed by atoms with Crippen molar-refractivity contribution < 1.29 is 14.7 Å². The van der Waals surface area contributed by atoms with Crippen LogP contribution in [0.25, 0.3) is 0 Å². The number of piperidine rings is 1. The number of hydrogen-bond acceptors (Lipinski definition) is 3. The van der Waals surface area contributed by atoms with Crippen LogP contribution in [0, 0.1) is 5.92 Å². The zero-order chi connectivity index (χ0) is 15.3. The molecule has 1 saturated heterocycles. The molecule has 0 radical (unpaired) electrons. The lowest BCUT2D eigenvalue weighted by Crippen LogP contribution is -2.53. The summed E-state index contributed by atoms with van der Waals surface area (Å²) >= 11 is 0. The van der Waals surface area contributed by atoms with Gasteiger partial charge in [0.1, 0.15) is 6.54 Å². The van der Waals surface area contributed by atoms with Crippen LogP contribution in [0.3, 0.4) is 0 Å². The number of hydrogen-bond donors (Lipinski definition) is 1. The van der Waals surface area contributed by atoms with Crippen molar-refractivity contribution in [3.05, 3.63) is 0 Å². The van der Waals surface area contributed by atoms with E-state index >= 15 is 0 Å². The van der Waals surface area contributed by atoms with Gasteiger partial charge in [0.05, 0.1) is 0 Å². The molecule has 0 aliphatic carbocycles. The van der Waals surface area contributed by atoms with Crippen molar-refractivity contribution in [2.75, 3.05) is 40.3 Å². The smallest absolute Gasteiger partial charge is 0.323 e. The van der Waals surface area contributed by atoms with Crippen molar-refractivity contribution in [1.82, 2.24) is 14.7 Å². The van der Waals surface area contributed by atoms with E-state index in [0.717, 1.165) is 25.9 Å². The number of carboxylic acids is 1. The Hall–Kier alpha value is -1.30. The lowest BCUT2D eigenvalue weighted by molar-refractivity contribution is -0.137. The summed E-state index contributed by atoms with van der Waals surface area (Å²) in [5, 5.41) is 8.96. The Morgan fingerprint density at radius 2 is 2.05 bits per heavy atom. The maximum atomic E-state index is 12.5. The first-order chi connectivity index (χ1) is 9.31. The number of aliphatic carboxylic acids is 1. The molecular formula is C14H27N3O3. The van der Waals surface area contributed by atoms with Crippen LogP contribution in [0.15, 0.2) is 0 Å². The summed E-state index contributed by atoms with van der Waals surface area (Å²) in [6.45, 7) is 6.11. The molecule has 0 aromatic carbocycles. The molecule has 2 amide bonds. The van der Waals surface area contributed by atoms with Gasteiger partial charge in [0.2, 0.25) is 0 Å². The summed E-state index contributed by atoms with van der Waals surface area (Å²) in [6, 6.07) is -0.00823. The molecule has 116 valence electrons. The molecule has 1 fully saturated rings. The Balaban J connectivity index is 2.68. The van der Waals surface area contributed by atoms with Crippen LogP contribution >= 0.6 is 0 Å². The first-order valence-electron chi connectivity index (χ1n) is 7.23. The third-order valence-electron chi connectivity index (χ3n) is 3.63. The van der Waals surface area contributed by atoms with Crippen molar-refractivity contribution >= 4 is 12.0 Å². The molecule has 6 heteroatoms. The summed E-state index contributed by atoms with van der Waals surface area (Å²) in [5.74, 6) is -0.714. The van der Waals surface area contributed by atoms with E-state index in [-0.39, 0.29) is 24.5 Å². The number of urea groups is 1. The summed E-state index contributed by atoms with van der Waals surface area (Å²) in [5.41, 5.74) is 0. The third-order valence-corrected chi connectivity index (χ3v) is 3.63. The summed E-state index contributed by atoms with van der Waals surface area (Å²) in [7, 11) is 3.83. The van der Waals surface area contributed by atoms with Gasteiger partial charge in [0.25, 0.3) is 0 Å². The zero-order valence-corrected chi connectivity index (χ0v) is 13.0. The van der Waals surface area contributed by atoms with Crippen molar-refractivity contribution in [3.8, 4) is 0 Å². The maximum absolute atomic E-state index is 12.5. The fourth-order valence-electron chi connectivity index (χ4n) is 2.65. The molecule has 1 atom stereocenters. The minimum atomic E-state index is -0.965. The molecule has 1 heterocycles. The highest BCUT2D eigenvalue weighted by Gasteiger charge is 2.28.